The summed E-state index contributed by atoms with van der Waals surface area (Å²) in [6.45, 7) is 8.94. The maximum atomic E-state index is 10.4. The SMILES string of the molecule is C=CC(=O)O.CC1C(C(=O)O)C1(C)C. The van der Waals surface area contributed by atoms with Gasteiger partial charge in [-0.1, -0.05) is 27.4 Å². The molecular formula is C10H16O4. The Balaban J connectivity index is 0.000000292. The van der Waals surface area contributed by atoms with Crippen molar-refractivity contribution in [2.45, 2.75) is 20.8 Å². The molecule has 80 valence electrons. The largest absolute Gasteiger partial charge is 0.481 e. The lowest BCUT2D eigenvalue weighted by Crippen LogP contribution is -2.02. The summed E-state index contributed by atoms with van der Waals surface area (Å²) >= 11 is 0. The van der Waals surface area contributed by atoms with Crippen LogP contribution in [0.4, 0.5) is 0 Å². The van der Waals surface area contributed by atoms with Gasteiger partial charge in [0.2, 0.25) is 0 Å². The lowest BCUT2D eigenvalue weighted by molar-refractivity contribution is -0.139. The summed E-state index contributed by atoms with van der Waals surface area (Å²) in [5, 5.41) is 16.2. The van der Waals surface area contributed by atoms with Gasteiger partial charge in [-0.2, -0.15) is 0 Å². The van der Waals surface area contributed by atoms with Crippen LogP contribution in [0.2, 0.25) is 0 Å². The van der Waals surface area contributed by atoms with Gasteiger partial charge in [0.15, 0.2) is 0 Å². The van der Waals surface area contributed by atoms with Crippen LogP contribution in [0.1, 0.15) is 20.8 Å². The van der Waals surface area contributed by atoms with Crippen molar-refractivity contribution in [3.05, 3.63) is 12.7 Å². The zero-order valence-corrected chi connectivity index (χ0v) is 8.65. The number of hydrogen-bond acceptors (Lipinski definition) is 2. The molecule has 0 spiro atoms. The van der Waals surface area contributed by atoms with Crippen LogP contribution < -0.4 is 0 Å². The van der Waals surface area contributed by atoms with Gasteiger partial charge in [0, 0.05) is 6.08 Å². The van der Waals surface area contributed by atoms with Gasteiger partial charge in [0.1, 0.15) is 0 Å². The minimum absolute atomic E-state index is 0.0475. The van der Waals surface area contributed by atoms with Crippen LogP contribution in [0.25, 0.3) is 0 Å². The van der Waals surface area contributed by atoms with Crippen molar-refractivity contribution in [3.63, 3.8) is 0 Å². The van der Waals surface area contributed by atoms with Crippen LogP contribution in [0.5, 0.6) is 0 Å². The Labute approximate surface area is 83.2 Å². The van der Waals surface area contributed by atoms with Gasteiger partial charge in [-0.05, 0) is 11.3 Å². The zero-order chi connectivity index (χ0) is 11.5. The van der Waals surface area contributed by atoms with Crippen molar-refractivity contribution in [3.8, 4) is 0 Å². The molecule has 1 saturated carbocycles. The topological polar surface area (TPSA) is 74.6 Å². The van der Waals surface area contributed by atoms with E-state index in [1.165, 1.54) is 0 Å². The smallest absolute Gasteiger partial charge is 0.327 e. The molecule has 2 atom stereocenters. The molecule has 1 aliphatic rings. The van der Waals surface area contributed by atoms with Crippen LogP contribution in [0, 0.1) is 17.3 Å². The van der Waals surface area contributed by atoms with Gasteiger partial charge >= 0.3 is 11.9 Å². The number of carboxylic acid groups (broad SMARTS) is 2. The minimum atomic E-state index is -0.981. The second kappa shape index (κ2) is 4.26. The van der Waals surface area contributed by atoms with E-state index in [9.17, 15) is 9.59 Å². The standard InChI is InChI=1S/C7H12O2.C3H4O2/c1-4-5(6(8)9)7(4,2)3;1-2-3(4)5/h4-5H,1-3H3,(H,8,9);2H,1H2,(H,4,5). The monoisotopic (exact) mass is 200 g/mol. The Kier molecular flexibility index (Phi) is 3.86. The van der Waals surface area contributed by atoms with Gasteiger partial charge in [-0.15, -0.1) is 0 Å². The summed E-state index contributed by atoms with van der Waals surface area (Å²) < 4.78 is 0. The highest BCUT2D eigenvalue weighted by atomic mass is 16.4. The van der Waals surface area contributed by atoms with Crippen LogP contribution in [0.3, 0.4) is 0 Å². The second-order valence-electron chi connectivity index (χ2n) is 3.97. The van der Waals surface area contributed by atoms with E-state index >= 15 is 0 Å². The molecule has 0 aromatic carbocycles. The van der Waals surface area contributed by atoms with E-state index in [4.69, 9.17) is 10.2 Å². The Bertz CT molecular complexity index is 255. The first-order valence-electron chi connectivity index (χ1n) is 4.33. The van der Waals surface area contributed by atoms with Gasteiger partial charge in [0.25, 0.3) is 0 Å². The lowest BCUT2D eigenvalue weighted by Gasteiger charge is -1.95. The molecule has 1 aliphatic carbocycles. The highest BCUT2D eigenvalue weighted by molar-refractivity contribution is 5.78. The Morgan fingerprint density at radius 2 is 1.64 bits per heavy atom. The molecule has 0 aromatic rings. The maximum Gasteiger partial charge on any atom is 0.327 e. The average molecular weight is 200 g/mol. The number of hydrogen-bond donors (Lipinski definition) is 2. The van der Waals surface area contributed by atoms with E-state index < -0.39 is 11.9 Å². The molecule has 4 heteroatoms. The summed E-state index contributed by atoms with van der Waals surface area (Å²) in [6.07, 6.45) is 0.833. The molecule has 0 aliphatic heterocycles. The Morgan fingerprint density at radius 1 is 1.36 bits per heavy atom. The molecule has 0 saturated heterocycles. The first kappa shape index (κ1) is 12.7. The highest BCUT2D eigenvalue weighted by Crippen LogP contribution is 2.57. The highest BCUT2D eigenvalue weighted by Gasteiger charge is 2.59. The van der Waals surface area contributed by atoms with E-state index in [0.717, 1.165) is 6.08 Å². The first-order valence-corrected chi connectivity index (χ1v) is 4.33. The van der Waals surface area contributed by atoms with Crippen molar-refractivity contribution in [2.75, 3.05) is 0 Å². The quantitative estimate of drug-likeness (QED) is 0.664. The van der Waals surface area contributed by atoms with Crippen molar-refractivity contribution in [1.29, 1.82) is 0 Å². The maximum absolute atomic E-state index is 10.4. The molecule has 2 unspecified atom stereocenters. The number of carboxylic acids is 2. The van der Waals surface area contributed by atoms with E-state index in [1.54, 1.807) is 0 Å². The summed E-state index contributed by atoms with van der Waals surface area (Å²) in [5.74, 6) is -1.37. The van der Waals surface area contributed by atoms with Gasteiger partial charge in [0.05, 0.1) is 5.92 Å². The Morgan fingerprint density at radius 3 is 1.64 bits per heavy atom. The van der Waals surface area contributed by atoms with Crippen LogP contribution in [0.15, 0.2) is 12.7 Å². The average Bonchev–Trinajstić information content (AvgIpc) is 2.52. The molecule has 1 fully saturated rings. The number of rotatable bonds is 2. The molecule has 0 aromatic heterocycles. The lowest BCUT2D eigenvalue weighted by atomic mass is 10.1. The predicted molar refractivity (Wildman–Crippen MR) is 51.9 cm³/mol. The fourth-order valence-electron chi connectivity index (χ4n) is 1.43. The fourth-order valence-corrected chi connectivity index (χ4v) is 1.43. The van der Waals surface area contributed by atoms with Crippen molar-refractivity contribution in [1.82, 2.24) is 0 Å². The van der Waals surface area contributed by atoms with E-state index in [2.05, 4.69) is 6.58 Å². The molecule has 14 heavy (non-hydrogen) atoms. The molecule has 0 heterocycles. The summed E-state index contributed by atoms with van der Waals surface area (Å²) in [5.41, 5.74) is 0.0475. The molecule has 0 amide bonds. The van der Waals surface area contributed by atoms with Crippen molar-refractivity contribution in [2.24, 2.45) is 17.3 Å². The summed E-state index contributed by atoms with van der Waals surface area (Å²) in [7, 11) is 0. The first-order chi connectivity index (χ1) is 6.25. The van der Waals surface area contributed by atoms with Gasteiger partial charge < -0.3 is 10.2 Å². The molecule has 0 radical (unpaired) electrons. The number of carbonyl (C=O) groups is 2. The summed E-state index contributed by atoms with van der Waals surface area (Å²) in [4.78, 5) is 19.6. The summed E-state index contributed by atoms with van der Waals surface area (Å²) in [6, 6.07) is 0. The van der Waals surface area contributed by atoms with Gasteiger partial charge in [-0.3, -0.25) is 4.79 Å². The fraction of sp³-hybridized carbons (Fsp3) is 0.600. The Hall–Kier alpha value is -1.32. The van der Waals surface area contributed by atoms with Crippen LogP contribution >= 0.6 is 0 Å². The van der Waals surface area contributed by atoms with Crippen molar-refractivity contribution < 1.29 is 19.8 Å². The minimum Gasteiger partial charge on any atom is -0.481 e. The van der Waals surface area contributed by atoms with Gasteiger partial charge in [-0.25, -0.2) is 4.79 Å². The van der Waals surface area contributed by atoms with E-state index in [0.29, 0.717) is 5.92 Å². The third-order valence-corrected chi connectivity index (χ3v) is 2.81. The van der Waals surface area contributed by atoms with Crippen LogP contribution in [-0.2, 0) is 9.59 Å². The molecule has 1 rings (SSSR count). The van der Waals surface area contributed by atoms with Crippen LogP contribution in [-0.4, -0.2) is 22.2 Å². The normalized spacial score (nSPS) is 26.8. The van der Waals surface area contributed by atoms with Crippen molar-refractivity contribution >= 4 is 11.9 Å². The van der Waals surface area contributed by atoms with E-state index in [-0.39, 0.29) is 11.3 Å². The molecule has 2 N–H and O–H groups in total. The number of aliphatic carboxylic acids is 2. The second-order valence-corrected chi connectivity index (χ2v) is 3.97. The third-order valence-electron chi connectivity index (χ3n) is 2.81. The molecular weight excluding hydrogens is 184 g/mol. The zero-order valence-electron chi connectivity index (χ0n) is 8.65. The third kappa shape index (κ3) is 2.87. The van der Waals surface area contributed by atoms with E-state index in [1.807, 2.05) is 20.8 Å². The molecule has 0 bridgehead atoms. The predicted octanol–water partition coefficient (Wildman–Crippen LogP) is 1.62. The molecule has 4 nitrogen and oxygen atoms in total.